The first-order valence-electron chi connectivity index (χ1n) is 11.9. The molecule has 0 saturated heterocycles. The van der Waals surface area contributed by atoms with Crippen molar-refractivity contribution >= 4 is 11.7 Å². The number of allylic oxidation sites excluding steroid dienone is 3. The number of rotatable bonds is 6. The Morgan fingerprint density at radius 1 is 1.08 bits per heavy atom. The van der Waals surface area contributed by atoms with Crippen LogP contribution in [-0.2, 0) is 4.79 Å². The van der Waals surface area contributed by atoms with Gasteiger partial charge in [0.1, 0.15) is 11.6 Å². The SMILES string of the molecule is COc1ccc(C2C(C#N)=C(N)N(NC(=O)c3ccc(O)cc3)C3=C2C(=O)CC(C)(C)C3)c(OC)c1OC. The minimum absolute atomic E-state index is 0.00860. The van der Waals surface area contributed by atoms with Gasteiger partial charge in [-0.2, -0.15) is 5.26 Å². The first-order valence-corrected chi connectivity index (χ1v) is 11.9. The van der Waals surface area contributed by atoms with E-state index in [1.165, 1.54) is 50.6 Å². The highest BCUT2D eigenvalue weighted by Gasteiger charge is 2.46. The second kappa shape index (κ2) is 10.0. The maximum absolute atomic E-state index is 13.7. The molecule has 10 nitrogen and oxygen atoms in total. The summed E-state index contributed by atoms with van der Waals surface area (Å²) in [5.41, 5.74) is 10.6. The maximum atomic E-state index is 13.7. The van der Waals surface area contributed by atoms with Crippen LogP contribution in [0, 0.1) is 16.7 Å². The molecule has 1 unspecified atom stereocenters. The Bertz CT molecular complexity index is 1400. The summed E-state index contributed by atoms with van der Waals surface area (Å²) in [7, 11) is 4.44. The van der Waals surface area contributed by atoms with Gasteiger partial charge in [-0.3, -0.25) is 15.0 Å². The first-order chi connectivity index (χ1) is 18.1. The Labute approximate surface area is 220 Å². The predicted octanol–water partition coefficient (Wildman–Crippen LogP) is 3.50. The molecule has 1 atom stereocenters. The molecule has 2 aromatic carbocycles. The van der Waals surface area contributed by atoms with Crippen molar-refractivity contribution in [3.63, 3.8) is 0 Å². The second-order valence-corrected chi connectivity index (χ2v) is 9.89. The van der Waals surface area contributed by atoms with Crippen molar-refractivity contribution in [3.8, 4) is 29.1 Å². The lowest BCUT2D eigenvalue weighted by Crippen LogP contribution is -2.49. The summed E-state index contributed by atoms with van der Waals surface area (Å²) >= 11 is 0. The van der Waals surface area contributed by atoms with Crippen LogP contribution in [0.1, 0.15) is 48.5 Å². The summed E-state index contributed by atoms with van der Waals surface area (Å²) in [6, 6.07) is 11.3. The zero-order valence-electron chi connectivity index (χ0n) is 21.9. The molecular weight excluding hydrogens is 488 g/mol. The van der Waals surface area contributed by atoms with Gasteiger partial charge in [0.05, 0.1) is 44.6 Å². The van der Waals surface area contributed by atoms with E-state index in [4.69, 9.17) is 19.9 Å². The van der Waals surface area contributed by atoms with Gasteiger partial charge in [0.15, 0.2) is 17.3 Å². The molecule has 1 aliphatic heterocycles. The Balaban J connectivity index is 1.93. The number of nitrogens with zero attached hydrogens (tertiary/aromatic N) is 2. The van der Waals surface area contributed by atoms with Crippen LogP contribution in [0.25, 0.3) is 0 Å². The van der Waals surface area contributed by atoms with E-state index >= 15 is 0 Å². The average molecular weight is 519 g/mol. The summed E-state index contributed by atoms with van der Waals surface area (Å²) in [4.78, 5) is 26.9. The molecule has 2 aliphatic rings. The number of methoxy groups -OCH3 is 3. The van der Waals surface area contributed by atoms with Crippen molar-refractivity contribution in [1.82, 2.24) is 10.4 Å². The molecule has 1 heterocycles. The number of phenolic OH excluding ortho intramolecular Hbond substituents is 1. The fourth-order valence-electron chi connectivity index (χ4n) is 5.08. The van der Waals surface area contributed by atoms with Gasteiger partial charge in [-0.1, -0.05) is 19.9 Å². The third-order valence-corrected chi connectivity index (χ3v) is 6.77. The number of carbonyl (C=O) groups is 2. The monoisotopic (exact) mass is 518 g/mol. The van der Waals surface area contributed by atoms with Gasteiger partial charge in [-0.25, -0.2) is 5.01 Å². The summed E-state index contributed by atoms with van der Waals surface area (Å²) in [5.74, 6) is -0.478. The number of benzene rings is 2. The van der Waals surface area contributed by atoms with Crippen LogP contribution in [0.4, 0.5) is 0 Å². The number of carbonyl (C=O) groups excluding carboxylic acids is 2. The lowest BCUT2D eigenvalue weighted by Gasteiger charge is -2.43. The molecule has 2 aromatic rings. The van der Waals surface area contributed by atoms with Gasteiger partial charge in [-0.05, 0) is 42.2 Å². The van der Waals surface area contributed by atoms with Gasteiger partial charge >= 0.3 is 0 Å². The molecule has 198 valence electrons. The molecule has 0 radical (unpaired) electrons. The van der Waals surface area contributed by atoms with Crippen LogP contribution >= 0.6 is 0 Å². The number of aromatic hydroxyl groups is 1. The van der Waals surface area contributed by atoms with Crippen molar-refractivity contribution in [3.05, 3.63) is 70.2 Å². The van der Waals surface area contributed by atoms with Gasteiger partial charge in [-0.15, -0.1) is 0 Å². The largest absolute Gasteiger partial charge is 0.508 e. The van der Waals surface area contributed by atoms with Crippen molar-refractivity contribution in [2.24, 2.45) is 11.1 Å². The van der Waals surface area contributed by atoms with E-state index in [9.17, 15) is 20.0 Å². The number of nitrogens with two attached hydrogens (primary N) is 1. The highest BCUT2D eigenvalue weighted by molar-refractivity contribution is 6.01. The standard InChI is InChI=1S/C28H30N4O6/c1-28(2)12-19-23(20(34)13-28)22(17-10-11-21(36-3)25(38-5)24(17)37-4)18(14-29)26(30)32(19)31-27(35)15-6-8-16(33)9-7-15/h6-11,22,33H,12-13,30H2,1-5H3,(H,31,35). The maximum Gasteiger partial charge on any atom is 0.270 e. The number of hydrazine groups is 1. The Morgan fingerprint density at radius 2 is 1.74 bits per heavy atom. The van der Waals surface area contributed by atoms with Crippen LogP contribution in [0.15, 0.2) is 59.1 Å². The molecule has 1 amide bonds. The average Bonchev–Trinajstić information content (AvgIpc) is 2.88. The summed E-state index contributed by atoms with van der Waals surface area (Å²) in [6.07, 6.45) is 0.658. The molecule has 0 spiro atoms. The fourth-order valence-corrected chi connectivity index (χ4v) is 5.08. The van der Waals surface area contributed by atoms with Crippen molar-refractivity contribution in [2.45, 2.75) is 32.6 Å². The van der Waals surface area contributed by atoms with Crippen LogP contribution in [-0.4, -0.2) is 43.1 Å². The molecular formula is C28H30N4O6. The van der Waals surface area contributed by atoms with Crippen LogP contribution in [0.5, 0.6) is 23.0 Å². The van der Waals surface area contributed by atoms with Crippen molar-refractivity contribution in [1.29, 1.82) is 5.26 Å². The third-order valence-electron chi connectivity index (χ3n) is 6.77. The van der Waals surface area contributed by atoms with E-state index in [0.717, 1.165) is 0 Å². The predicted molar refractivity (Wildman–Crippen MR) is 138 cm³/mol. The minimum atomic E-state index is -0.852. The van der Waals surface area contributed by atoms with E-state index in [0.29, 0.717) is 40.5 Å². The number of nitriles is 1. The number of hydrogen-bond acceptors (Lipinski definition) is 9. The molecule has 4 N–H and O–H groups in total. The van der Waals surface area contributed by atoms with E-state index in [1.807, 2.05) is 13.8 Å². The molecule has 38 heavy (non-hydrogen) atoms. The number of amides is 1. The van der Waals surface area contributed by atoms with E-state index in [2.05, 4.69) is 11.5 Å². The van der Waals surface area contributed by atoms with Gasteiger partial charge in [0.25, 0.3) is 5.91 Å². The summed E-state index contributed by atoms with van der Waals surface area (Å²) in [5, 5.41) is 21.2. The van der Waals surface area contributed by atoms with Crippen molar-refractivity contribution < 1.29 is 28.9 Å². The number of phenols is 1. The normalized spacial score (nSPS) is 18.5. The smallest absolute Gasteiger partial charge is 0.270 e. The number of nitrogens with one attached hydrogen (secondary N) is 1. The zero-order valence-corrected chi connectivity index (χ0v) is 21.9. The highest BCUT2D eigenvalue weighted by atomic mass is 16.5. The van der Waals surface area contributed by atoms with Crippen molar-refractivity contribution in [2.75, 3.05) is 21.3 Å². The Morgan fingerprint density at radius 3 is 2.32 bits per heavy atom. The second-order valence-electron chi connectivity index (χ2n) is 9.89. The number of Topliss-reactive ketones (excluding diaryl/α,β-unsaturated/α-hetero) is 1. The quantitative estimate of drug-likeness (QED) is 0.523. The highest BCUT2D eigenvalue weighted by Crippen LogP contribution is 2.52. The Kier molecular flexibility index (Phi) is 6.96. The summed E-state index contributed by atoms with van der Waals surface area (Å²) in [6.45, 7) is 3.92. The number of ether oxygens (including phenoxy) is 3. The number of hydrogen-bond donors (Lipinski definition) is 3. The molecule has 0 aromatic heterocycles. The molecule has 4 rings (SSSR count). The van der Waals surface area contributed by atoms with Crippen LogP contribution in [0.3, 0.4) is 0 Å². The van der Waals surface area contributed by atoms with E-state index < -0.39 is 17.2 Å². The van der Waals surface area contributed by atoms with Gasteiger partial charge in [0, 0.05) is 23.1 Å². The lowest BCUT2D eigenvalue weighted by atomic mass is 9.69. The van der Waals surface area contributed by atoms with Gasteiger partial charge < -0.3 is 25.1 Å². The van der Waals surface area contributed by atoms with Crippen LogP contribution < -0.4 is 25.4 Å². The zero-order chi connectivity index (χ0) is 27.8. The fraction of sp³-hybridized carbons (Fsp3) is 0.321. The molecule has 0 fully saturated rings. The van der Waals surface area contributed by atoms with E-state index in [-0.39, 0.29) is 34.9 Å². The molecule has 0 bridgehead atoms. The van der Waals surface area contributed by atoms with Crippen LogP contribution in [0.2, 0.25) is 0 Å². The molecule has 10 heteroatoms. The van der Waals surface area contributed by atoms with E-state index in [1.54, 1.807) is 12.1 Å². The minimum Gasteiger partial charge on any atom is -0.508 e. The lowest BCUT2D eigenvalue weighted by molar-refractivity contribution is -0.118. The molecule has 0 saturated carbocycles. The van der Waals surface area contributed by atoms with Gasteiger partial charge in [0.2, 0.25) is 5.75 Å². The number of ketones is 1. The third kappa shape index (κ3) is 4.47. The Hall–Kier alpha value is -4.65. The molecule has 1 aliphatic carbocycles. The summed E-state index contributed by atoms with van der Waals surface area (Å²) < 4.78 is 16.6. The first kappa shape index (κ1) is 26.4. The topological polar surface area (TPSA) is 147 Å².